The van der Waals surface area contributed by atoms with Gasteiger partial charge >= 0.3 is 5.97 Å². The fourth-order valence-corrected chi connectivity index (χ4v) is 3.40. The van der Waals surface area contributed by atoms with E-state index < -0.39 is 18.6 Å². The lowest BCUT2D eigenvalue weighted by molar-refractivity contribution is -0.138. The Bertz CT molecular complexity index is 660. The maximum Gasteiger partial charge on any atom is 0.335 e. The van der Waals surface area contributed by atoms with Crippen LogP contribution in [0.25, 0.3) is 6.08 Å². The number of anilines is 1. The van der Waals surface area contributed by atoms with Crippen LogP contribution in [0.2, 0.25) is 0 Å². The summed E-state index contributed by atoms with van der Waals surface area (Å²) in [7, 11) is 0. The Kier molecular flexibility index (Phi) is 7.11. The second-order valence-electron chi connectivity index (χ2n) is 6.49. The normalized spacial score (nSPS) is 21.7. The molecule has 1 atom stereocenters. The van der Waals surface area contributed by atoms with Crippen molar-refractivity contribution in [1.29, 1.82) is 0 Å². The third-order valence-electron chi connectivity index (χ3n) is 4.69. The minimum atomic E-state index is -1.41. The average Bonchev–Trinajstić information content (AvgIpc) is 3.30. The molecule has 1 aromatic rings. The van der Waals surface area contributed by atoms with Crippen molar-refractivity contribution >= 4 is 23.6 Å². The standard InChI is InChI=1S/C16H21N3O2.C2H3FO2/c20-15(18-21)6-5-13-3-1-2-4-14(13)19-10-8-16(12-19)7-9-17-11-16;3-1-2(4)5/h1-6,17,21H,7-12H2,(H,18,20);1H2,(H,4,5)/b6-5+;. The molecule has 3 rings (SSSR count). The van der Waals surface area contributed by atoms with Gasteiger partial charge in [0.05, 0.1) is 0 Å². The van der Waals surface area contributed by atoms with Crippen LogP contribution in [0.5, 0.6) is 0 Å². The third-order valence-corrected chi connectivity index (χ3v) is 4.69. The van der Waals surface area contributed by atoms with Crippen LogP contribution in [0, 0.1) is 5.41 Å². The molecule has 2 aliphatic rings. The van der Waals surface area contributed by atoms with Gasteiger partial charge in [-0.2, -0.15) is 0 Å². The molecule has 0 aromatic heterocycles. The van der Waals surface area contributed by atoms with Crippen LogP contribution in [0.4, 0.5) is 10.1 Å². The lowest BCUT2D eigenvalue weighted by Gasteiger charge is -2.25. The lowest BCUT2D eigenvalue weighted by Crippen LogP contribution is -2.29. The van der Waals surface area contributed by atoms with Gasteiger partial charge in [-0.05, 0) is 37.1 Å². The Morgan fingerprint density at radius 1 is 1.35 bits per heavy atom. The van der Waals surface area contributed by atoms with Gasteiger partial charge in [0.2, 0.25) is 0 Å². The number of hydroxylamine groups is 1. The molecule has 2 saturated heterocycles. The Balaban J connectivity index is 0.000000431. The van der Waals surface area contributed by atoms with Crippen molar-refractivity contribution in [3.05, 3.63) is 35.9 Å². The maximum atomic E-state index is 11.2. The number of para-hydroxylation sites is 1. The Hall–Kier alpha value is -2.45. The fraction of sp³-hybridized carbons (Fsp3) is 0.444. The number of amides is 1. The predicted octanol–water partition coefficient (Wildman–Crippen LogP) is 1.44. The topological polar surface area (TPSA) is 102 Å². The molecule has 0 bridgehead atoms. The molecular formula is C18H24FN3O4. The number of alkyl halides is 1. The molecule has 2 aliphatic heterocycles. The van der Waals surface area contributed by atoms with Gasteiger partial charge in [0.15, 0.2) is 6.67 Å². The Morgan fingerprint density at radius 3 is 2.69 bits per heavy atom. The molecule has 2 fully saturated rings. The van der Waals surface area contributed by atoms with Gasteiger partial charge in [-0.15, -0.1) is 0 Å². The van der Waals surface area contributed by atoms with E-state index in [1.807, 2.05) is 18.2 Å². The van der Waals surface area contributed by atoms with Crippen LogP contribution in [0.3, 0.4) is 0 Å². The van der Waals surface area contributed by atoms with Gasteiger partial charge in [0, 0.05) is 36.8 Å². The highest BCUT2D eigenvalue weighted by Gasteiger charge is 2.40. The zero-order chi connectivity index (χ0) is 19.0. The van der Waals surface area contributed by atoms with Gasteiger partial charge in [0.1, 0.15) is 0 Å². The van der Waals surface area contributed by atoms with E-state index in [1.165, 1.54) is 18.9 Å². The highest BCUT2D eigenvalue weighted by Crippen LogP contribution is 2.39. The van der Waals surface area contributed by atoms with E-state index >= 15 is 0 Å². The molecule has 8 heteroatoms. The molecule has 26 heavy (non-hydrogen) atoms. The van der Waals surface area contributed by atoms with Crippen LogP contribution in [-0.2, 0) is 9.59 Å². The summed E-state index contributed by atoms with van der Waals surface area (Å²) in [5, 5.41) is 19.4. The molecule has 1 aromatic carbocycles. The molecule has 4 N–H and O–H groups in total. The number of carbonyl (C=O) groups is 2. The molecule has 1 unspecified atom stereocenters. The smallest absolute Gasteiger partial charge is 0.335 e. The number of nitrogens with zero attached hydrogens (tertiary/aromatic N) is 1. The predicted molar refractivity (Wildman–Crippen MR) is 95.8 cm³/mol. The number of carboxylic acids is 1. The molecule has 0 radical (unpaired) electrons. The summed E-state index contributed by atoms with van der Waals surface area (Å²) in [6, 6.07) is 8.08. The SMILES string of the molecule is O=C(/C=C/c1ccccc1N1CCC2(CCNC2)C1)NO.O=C(O)CF. The van der Waals surface area contributed by atoms with Gasteiger partial charge in [-0.1, -0.05) is 18.2 Å². The highest BCUT2D eigenvalue weighted by atomic mass is 19.1. The fourth-order valence-electron chi connectivity index (χ4n) is 3.40. The molecular weight excluding hydrogens is 341 g/mol. The molecule has 1 spiro atoms. The summed E-state index contributed by atoms with van der Waals surface area (Å²) in [6.07, 6.45) is 5.56. The second-order valence-corrected chi connectivity index (χ2v) is 6.49. The van der Waals surface area contributed by atoms with Crippen molar-refractivity contribution in [3.8, 4) is 0 Å². The van der Waals surface area contributed by atoms with Crippen molar-refractivity contribution < 1.29 is 24.3 Å². The second kappa shape index (κ2) is 9.30. The monoisotopic (exact) mass is 365 g/mol. The minimum Gasteiger partial charge on any atom is -0.479 e. The average molecular weight is 365 g/mol. The summed E-state index contributed by atoms with van der Waals surface area (Å²) in [5.74, 6) is -1.92. The van der Waals surface area contributed by atoms with Crippen molar-refractivity contribution in [1.82, 2.24) is 10.8 Å². The molecule has 1 amide bonds. The zero-order valence-corrected chi connectivity index (χ0v) is 14.4. The van der Waals surface area contributed by atoms with Crippen molar-refractivity contribution in [2.24, 2.45) is 5.41 Å². The van der Waals surface area contributed by atoms with Gasteiger partial charge in [0.25, 0.3) is 5.91 Å². The van der Waals surface area contributed by atoms with E-state index in [2.05, 4.69) is 16.3 Å². The van der Waals surface area contributed by atoms with Crippen molar-refractivity contribution in [3.63, 3.8) is 0 Å². The van der Waals surface area contributed by atoms with Crippen LogP contribution in [0.1, 0.15) is 18.4 Å². The van der Waals surface area contributed by atoms with Crippen molar-refractivity contribution in [2.45, 2.75) is 12.8 Å². The Morgan fingerprint density at radius 2 is 2.08 bits per heavy atom. The van der Waals surface area contributed by atoms with E-state index in [0.29, 0.717) is 5.41 Å². The summed E-state index contributed by atoms with van der Waals surface area (Å²) in [4.78, 5) is 22.6. The summed E-state index contributed by atoms with van der Waals surface area (Å²) < 4.78 is 10.5. The lowest BCUT2D eigenvalue weighted by atomic mass is 9.86. The number of hydrogen-bond donors (Lipinski definition) is 4. The third kappa shape index (κ3) is 5.27. The van der Waals surface area contributed by atoms with E-state index in [1.54, 1.807) is 11.6 Å². The van der Waals surface area contributed by atoms with Gasteiger partial charge in [-0.3, -0.25) is 10.0 Å². The number of aliphatic carboxylic acids is 1. The summed E-state index contributed by atoms with van der Waals surface area (Å²) >= 11 is 0. The summed E-state index contributed by atoms with van der Waals surface area (Å²) in [5.41, 5.74) is 4.19. The van der Waals surface area contributed by atoms with E-state index in [4.69, 9.17) is 15.1 Å². The largest absolute Gasteiger partial charge is 0.479 e. The first-order valence-electron chi connectivity index (χ1n) is 8.44. The molecule has 2 heterocycles. The molecule has 7 nitrogen and oxygen atoms in total. The number of hydrogen-bond acceptors (Lipinski definition) is 5. The number of benzene rings is 1. The van der Waals surface area contributed by atoms with Crippen LogP contribution in [-0.4, -0.2) is 55.0 Å². The van der Waals surface area contributed by atoms with E-state index in [0.717, 1.165) is 37.4 Å². The number of nitrogens with one attached hydrogen (secondary N) is 2. The minimum absolute atomic E-state index is 0.416. The van der Waals surface area contributed by atoms with E-state index in [-0.39, 0.29) is 0 Å². The number of rotatable bonds is 4. The zero-order valence-electron chi connectivity index (χ0n) is 14.4. The van der Waals surface area contributed by atoms with Crippen molar-refractivity contribution in [2.75, 3.05) is 37.8 Å². The molecule has 142 valence electrons. The highest BCUT2D eigenvalue weighted by molar-refractivity contribution is 5.91. The quantitative estimate of drug-likeness (QED) is 0.366. The van der Waals surface area contributed by atoms with Gasteiger partial charge in [-0.25, -0.2) is 14.7 Å². The molecule has 0 saturated carbocycles. The number of halogens is 1. The van der Waals surface area contributed by atoms with E-state index in [9.17, 15) is 9.18 Å². The first kappa shape index (κ1) is 19.9. The van der Waals surface area contributed by atoms with Crippen LogP contribution in [0.15, 0.2) is 30.3 Å². The Labute approximate surface area is 151 Å². The van der Waals surface area contributed by atoms with Crippen LogP contribution < -0.4 is 15.7 Å². The van der Waals surface area contributed by atoms with Crippen LogP contribution >= 0.6 is 0 Å². The maximum absolute atomic E-state index is 11.2. The van der Waals surface area contributed by atoms with Gasteiger partial charge < -0.3 is 15.3 Å². The summed E-state index contributed by atoms with van der Waals surface area (Å²) in [6.45, 7) is 3.07. The number of carbonyl (C=O) groups excluding carboxylic acids is 1. The first-order chi connectivity index (χ1) is 12.5. The first-order valence-corrected chi connectivity index (χ1v) is 8.44. The number of carboxylic acid groups (broad SMARTS) is 1. The molecule has 0 aliphatic carbocycles.